The van der Waals surface area contributed by atoms with Gasteiger partial charge in [-0.2, -0.15) is 0 Å². The largest absolute Gasteiger partial charge is 0.310 e. The van der Waals surface area contributed by atoms with Gasteiger partial charge in [-0.3, -0.25) is 0 Å². The molecular formula is C47H36N2. The molecule has 0 aliphatic heterocycles. The molecule has 0 aliphatic rings. The molecule has 0 N–H and O–H groups in total. The highest BCUT2D eigenvalue weighted by molar-refractivity contribution is 5.96. The van der Waals surface area contributed by atoms with Crippen LogP contribution in [0, 0.1) is 0 Å². The smallest absolute Gasteiger partial charge is 0.0540 e. The van der Waals surface area contributed by atoms with Crippen LogP contribution in [0.25, 0.3) is 55.8 Å². The van der Waals surface area contributed by atoms with Crippen molar-refractivity contribution in [3.05, 3.63) is 206 Å². The van der Waals surface area contributed by atoms with Crippen LogP contribution >= 0.6 is 0 Å². The van der Waals surface area contributed by atoms with Gasteiger partial charge >= 0.3 is 0 Å². The second-order valence-electron chi connectivity index (χ2n) is 12.2. The van der Waals surface area contributed by atoms with Crippen molar-refractivity contribution in [3.63, 3.8) is 0 Å². The molecular weight excluding hydrogens is 593 g/mol. The molecule has 0 radical (unpaired) electrons. The second kappa shape index (κ2) is 13.4. The molecule has 1 aromatic heterocycles. The number of nitrogens with zero attached hydrogens (tertiary/aromatic N) is 2. The van der Waals surface area contributed by atoms with Crippen LogP contribution in [0.1, 0.15) is 12.5 Å². The molecule has 49 heavy (non-hydrogen) atoms. The quantitative estimate of drug-likeness (QED) is 0.163. The van der Waals surface area contributed by atoms with Gasteiger partial charge in [0.25, 0.3) is 0 Å². The topological polar surface area (TPSA) is 8.17 Å². The molecule has 0 atom stereocenters. The van der Waals surface area contributed by atoms with E-state index < -0.39 is 0 Å². The molecule has 0 spiro atoms. The van der Waals surface area contributed by atoms with Crippen LogP contribution in [0.4, 0.5) is 11.4 Å². The summed E-state index contributed by atoms with van der Waals surface area (Å²) < 4.78 is 2.38. The molecule has 8 aromatic rings. The van der Waals surface area contributed by atoms with E-state index in [4.69, 9.17) is 0 Å². The zero-order chi connectivity index (χ0) is 33.0. The molecule has 1 heterocycles. The highest BCUT2D eigenvalue weighted by atomic mass is 15.1. The van der Waals surface area contributed by atoms with Crippen LogP contribution in [-0.4, -0.2) is 4.57 Å². The van der Waals surface area contributed by atoms with Crippen LogP contribution < -0.4 is 4.90 Å². The van der Waals surface area contributed by atoms with Crippen molar-refractivity contribution in [2.75, 3.05) is 4.90 Å². The zero-order valence-electron chi connectivity index (χ0n) is 27.4. The van der Waals surface area contributed by atoms with Gasteiger partial charge in [-0.05, 0) is 88.8 Å². The number of allylic oxidation sites excluding steroid dienone is 1. The maximum atomic E-state index is 2.38. The van der Waals surface area contributed by atoms with E-state index in [1.54, 1.807) is 0 Å². The summed E-state index contributed by atoms with van der Waals surface area (Å²) in [6.07, 6.45) is 2.21. The molecule has 7 aromatic carbocycles. The SMILES string of the molecule is C/C=C(/c1ccccc1)N(c1ccc(-c2ccccc2)cc1)c1ccc2c(c1)cc(-c1ccccc1)n2-c1ccc(-c2ccccc2)cc1. The fourth-order valence-electron chi connectivity index (χ4n) is 6.77. The first kappa shape index (κ1) is 30.0. The Labute approximate surface area is 288 Å². The summed E-state index contributed by atoms with van der Waals surface area (Å²) in [5.41, 5.74) is 14.0. The van der Waals surface area contributed by atoms with Crippen molar-refractivity contribution >= 4 is 28.0 Å². The lowest BCUT2D eigenvalue weighted by Gasteiger charge is -2.28. The Bertz CT molecular complexity index is 2340. The summed E-state index contributed by atoms with van der Waals surface area (Å²) in [6.45, 7) is 2.12. The molecule has 8 rings (SSSR count). The Morgan fingerprint density at radius 3 is 1.47 bits per heavy atom. The summed E-state index contributed by atoms with van der Waals surface area (Å²) in [4.78, 5) is 2.37. The first-order valence-corrected chi connectivity index (χ1v) is 16.8. The monoisotopic (exact) mass is 628 g/mol. The van der Waals surface area contributed by atoms with Crippen molar-refractivity contribution in [1.29, 1.82) is 0 Å². The minimum Gasteiger partial charge on any atom is -0.310 e. The number of anilines is 2. The Balaban J connectivity index is 1.27. The molecule has 0 fully saturated rings. The lowest BCUT2D eigenvalue weighted by atomic mass is 10.0. The van der Waals surface area contributed by atoms with E-state index in [0.29, 0.717) is 0 Å². The molecule has 0 aliphatic carbocycles. The van der Waals surface area contributed by atoms with Crippen LogP contribution in [-0.2, 0) is 0 Å². The Morgan fingerprint density at radius 1 is 0.449 bits per heavy atom. The highest BCUT2D eigenvalue weighted by Gasteiger charge is 2.19. The maximum absolute atomic E-state index is 2.38. The fraction of sp³-hybridized carbons (Fsp3) is 0.0213. The Hall–Kier alpha value is -6.38. The van der Waals surface area contributed by atoms with E-state index in [-0.39, 0.29) is 0 Å². The van der Waals surface area contributed by atoms with Crippen LogP contribution in [0.3, 0.4) is 0 Å². The van der Waals surface area contributed by atoms with Gasteiger partial charge in [0, 0.05) is 28.1 Å². The van der Waals surface area contributed by atoms with E-state index in [0.717, 1.165) is 34.0 Å². The molecule has 0 amide bonds. The second-order valence-corrected chi connectivity index (χ2v) is 12.2. The van der Waals surface area contributed by atoms with Gasteiger partial charge in [-0.15, -0.1) is 0 Å². The van der Waals surface area contributed by atoms with Crippen molar-refractivity contribution in [2.24, 2.45) is 0 Å². The van der Waals surface area contributed by atoms with E-state index in [1.807, 2.05) is 0 Å². The molecule has 2 nitrogen and oxygen atoms in total. The van der Waals surface area contributed by atoms with Gasteiger partial charge < -0.3 is 9.47 Å². The lowest BCUT2D eigenvalue weighted by Crippen LogP contribution is -2.15. The van der Waals surface area contributed by atoms with Gasteiger partial charge in [0.1, 0.15) is 0 Å². The predicted octanol–water partition coefficient (Wildman–Crippen LogP) is 12.8. The van der Waals surface area contributed by atoms with Crippen molar-refractivity contribution in [2.45, 2.75) is 6.92 Å². The Morgan fingerprint density at radius 2 is 0.918 bits per heavy atom. The van der Waals surface area contributed by atoms with Crippen molar-refractivity contribution in [1.82, 2.24) is 4.57 Å². The summed E-state index contributed by atoms with van der Waals surface area (Å²) in [7, 11) is 0. The van der Waals surface area contributed by atoms with Crippen molar-refractivity contribution < 1.29 is 0 Å². The van der Waals surface area contributed by atoms with Crippen molar-refractivity contribution in [3.8, 4) is 39.2 Å². The Kier molecular flexibility index (Phi) is 8.19. The number of hydrogen-bond donors (Lipinski definition) is 0. The first-order chi connectivity index (χ1) is 24.3. The summed E-state index contributed by atoms with van der Waals surface area (Å²) >= 11 is 0. The molecule has 2 heteroatoms. The lowest BCUT2D eigenvalue weighted by molar-refractivity contribution is 1.13. The summed E-state index contributed by atoms with van der Waals surface area (Å²) in [5, 5.41) is 1.18. The average molecular weight is 629 g/mol. The summed E-state index contributed by atoms with van der Waals surface area (Å²) in [6, 6.07) is 69.4. The first-order valence-electron chi connectivity index (χ1n) is 16.8. The van der Waals surface area contributed by atoms with E-state index >= 15 is 0 Å². The minimum absolute atomic E-state index is 1.10. The number of benzene rings is 7. The van der Waals surface area contributed by atoms with Gasteiger partial charge in [-0.25, -0.2) is 0 Å². The third kappa shape index (κ3) is 5.97. The number of hydrogen-bond acceptors (Lipinski definition) is 1. The maximum Gasteiger partial charge on any atom is 0.0540 e. The van der Waals surface area contributed by atoms with E-state index in [2.05, 4.69) is 217 Å². The molecule has 0 unspecified atom stereocenters. The van der Waals surface area contributed by atoms with E-state index in [1.165, 1.54) is 38.8 Å². The zero-order valence-corrected chi connectivity index (χ0v) is 27.4. The molecule has 0 saturated carbocycles. The standard InChI is InChI=1S/C47H36N2/c1-2-45(39-19-11-5-12-20-39)48(42-27-23-37(24-28-42)35-15-7-3-8-16-35)44-31-32-46-41(33-44)34-47(40-21-13-6-14-22-40)49(46)43-29-25-38(26-30-43)36-17-9-4-10-18-36/h2-34H,1H3/b45-2-. The van der Waals surface area contributed by atoms with Crippen LogP contribution in [0.15, 0.2) is 200 Å². The van der Waals surface area contributed by atoms with Gasteiger partial charge in [0.05, 0.1) is 11.2 Å². The van der Waals surface area contributed by atoms with Crippen LogP contribution in [0.5, 0.6) is 0 Å². The van der Waals surface area contributed by atoms with Gasteiger partial charge in [0.2, 0.25) is 0 Å². The number of aromatic nitrogens is 1. The average Bonchev–Trinajstić information content (AvgIpc) is 3.57. The molecule has 0 saturated heterocycles. The molecule has 0 bridgehead atoms. The van der Waals surface area contributed by atoms with E-state index in [9.17, 15) is 0 Å². The number of fused-ring (bicyclic) bond motifs is 1. The third-order valence-corrected chi connectivity index (χ3v) is 9.16. The fourth-order valence-corrected chi connectivity index (χ4v) is 6.77. The minimum atomic E-state index is 1.10. The summed E-state index contributed by atoms with van der Waals surface area (Å²) in [5.74, 6) is 0. The normalized spacial score (nSPS) is 11.5. The van der Waals surface area contributed by atoms with Gasteiger partial charge in [0.15, 0.2) is 0 Å². The number of rotatable bonds is 8. The van der Waals surface area contributed by atoms with Crippen LogP contribution in [0.2, 0.25) is 0 Å². The third-order valence-electron chi connectivity index (χ3n) is 9.16. The molecule has 234 valence electrons. The predicted molar refractivity (Wildman–Crippen MR) is 208 cm³/mol. The highest BCUT2D eigenvalue weighted by Crippen LogP contribution is 2.40. The van der Waals surface area contributed by atoms with Gasteiger partial charge in [-0.1, -0.05) is 152 Å².